The molecule has 0 bridgehead atoms. The van der Waals surface area contributed by atoms with Gasteiger partial charge in [0, 0.05) is 11.4 Å². The lowest BCUT2D eigenvalue weighted by molar-refractivity contribution is 1.36. The van der Waals surface area contributed by atoms with Gasteiger partial charge in [0.2, 0.25) is 0 Å². The van der Waals surface area contributed by atoms with Gasteiger partial charge in [0.15, 0.2) is 0 Å². The number of hydrogen-bond donors (Lipinski definition) is 1. The van der Waals surface area contributed by atoms with Crippen LogP contribution in [0.15, 0.2) is 18.2 Å². The normalized spacial score (nSPS) is 10.2. The lowest BCUT2D eigenvalue weighted by atomic mass is 10.1. The minimum Gasteiger partial charge on any atom is -0.399 e. The molecule has 0 saturated carbocycles. The Morgan fingerprint density at radius 2 is 2.17 bits per heavy atom. The van der Waals surface area contributed by atoms with Crippen LogP contribution in [0.5, 0.6) is 0 Å². The topological polar surface area (TPSA) is 26.0 Å². The fourth-order valence-electron chi connectivity index (χ4n) is 1.000. The molecule has 2 N–H and O–H groups in total. The average molecular weight is 181 g/mol. The molecule has 0 aliphatic carbocycles. The van der Waals surface area contributed by atoms with Crippen LogP contribution in [0.4, 0.5) is 5.69 Å². The molecule has 0 fully saturated rings. The fourth-order valence-corrected chi connectivity index (χ4v) is 1.62. The third-order valence-corrected chi connectivity index (χ3v) is 2.76. The van der Waals surface area contributed by atoms with Crippen molar-refractivity contribution in [2.75, 3.05) is 11.5 Å². The largest absolute Gasteiger partial charge is 0.399 e. The maximum absolute atomic E-state index is 5.78. The van der Waals surface area contributed by atoms with E-state index in [1.807, 2.05) is 18.7 Å². The molecule has 0 aromatic heterocycles. The lowest BCUT2D eigenvalue weighted by Gasteiger charge is -2.03. The van der Waals surface area contributed by atoms with Gasteiger partial charge in [-0.2, -0.15) is 11.8 Å². The highest BCUT2D eigenvalue weighted by Gasteiger charge is 1.95. The average Bonchev–Trinajstić information content (AvgIpc) is 2.07. The molecular weight excluding hydrogens is 166 g/mol. The van der Waals surface area contributed by atoms with Crippen LogP contribution in [-0.4, -0.2) is 5.75 Å². The zero-order valence-corrected chi connectivity index (χ0v) is 8.45. The molecule has 0 saturated heterocycles. The fraction of sp³-hybridized carbons (Fsp3) is 0.400. The molecule has 12 heavy (non-hydrogen) atoms. The van der Waals surface area contributed by atoms with E-state index >= 15 is 0 Å². The summed E-state index contributed by atoms with van der Waals surface area (Å²) in [5, 5.41) is 0. The van der Waals surface area contributed by atoms with Gasteiger partial charge in [-0.3, -0.25) is 0 Å². The van der Waals surface area contributed by atoms with Crippen LogP contribution in [0.25, 0.3) is 0 Å². The molecular formula is C10H15NS. The Balaban J connectivity index is 2.69. The van der Waals surface area contributed by atoms with Crippen molar-refractivity contribution >= 4 is 17.4 Å². The van der Waals surface area contributed by atoms with Crippen molar-refractivity contribution in [1.29, 1.82) is 0 Å². The van der Waals surface area contributed by atoms with Crippen molar-refractivity contribution in [3.05, 3.63) is 29.3 Å². The third-order valence-electron chi connectivity index (χ3n) is 1.82. The standard InChI is InChI=1S/C10H15NS/c1-3-12-7-9-5-4-8(2)10(11)6-9/h4-6H,3,7,11H2,1-2H3. The Morgan fingerprint density at radius 3 is 2.75 bits per heavy atom. The highest BCUT2D eigenvalue weighted by molar-refractivity contribution is 7.98. The number of hydrogen-bond acceptors (Lipinski definition) is 2. The minimum absolute atomic E-state index is 0.907. The van der Waals surface area contributed by atoms with E-state index < -0.39 is 0 Å². The second kappa shape index (κ2) is 4.41. The van der Waals surface area contributed by atoms with Gasteiger partial charge < -0.3 is 5.73 Å². The molecule has 1 rings (SSSR count). The zero-order chi connectivity index (χ0) is 8.97. The van der Waals surface area contributed by atoms with Gasteiger partial charge in [-0.05, 0) is 29.9 Å². The van der Waals surface area contributed by atoms with Crippen molar-refractivity contribution in [3.8, 4) is 0 Å². The summed E-state index contributed by atoms with van der Waals surface area (Å²) < 4.78 is 0. The zero-order valence-electron chi connectivity index (χ0n) is 7.63. The van der Waals surface area contributed by atoms with E-state index in [9.17, 15) is 0 Å². The number of anilines is 1. The molecule has 0 heterocycles. The van der Waals surface area contributed by atoms with Gasteiger partial charge in [0.25, 0.3) is 0 Å². The number of rotatable bonds is 3. The molecule has 0 atom stereocenters. The number of nitrogen functional groups attached to an aromatic ring is 1. The predicted octanol–water partition coefficient (Wildman–Crippen LogP) is 2.83. The summed E-state index contributed by atoms with van der Waals surface area (Å²) >= 11 is 1.92. The van der Waals surface area contributed by atoms with Crippen LogP contribution >= 0.6 is 11.8 Å². The van der Waals surface area contributed by atoms with Crippen molar-refractivity contribution in [1.82, 2.24) is 0 Å². The van der Waals surface area contributed by atoms with Crippen molar-refractivity contribution in [3.63, 3.8) is 0 Å². The predicted molar refractivity (Wildman–Crippen MR) is 57.4 cm³/mol. The number of nitrogens with two attached hydrogens (primary N) is 1. The van der Waals surface area contributed by atoms with Crippen molar-refractivity contribution < 1.29 is 0 Å². The SMILES string of the molecule is CCSCc1ccc(C)c(N)c1. The van der Waals surface area contributed by atoms with E-state index in [4.69, 9.17) is 5.73 Å². The Labute approximate surface area is 78.4 Å². The van der Waals surface area contributed by atoms with Crippen LogP contribution in [0.1, 0.15) is 18.1 Å². The quantitative estimate of drug-likeness (QED) is 0.726. The van der Waals surface area contributed by atoms with E-state index in [1.165, 1.54) is 11.1 Å². The minimum atomic E-state index is 0.907. The third kappa shape index (κ3) is 2.45. The highest BCUT2D eigenvalue weighted by atomic mass is 32.2. The molecule has 0 spiro atoms. The summed E-state index contributed by atoms with van der Waals surface area (Å²) in [6.07, 6.45) is 0. The van der Waals surface area contributed by atoms with E-state index in [-0.39, 0.29) is 0 Å². The first-order valence-electron chi connectivity index (χ1n) is 4.16. The summed E-state index contributed by atoms with van der Waals surface area (Å²) in [7, 11) is 0. The molecule has 0 amide bonds. The molecule has 1 aromatic carbocycles. The molecule has 0 aliphatic heterocycles. The molecule has 0 unspecified atom stereocenters. The molecule has 0 radical (unpaired) electrons. The molecule has 1 aromatic rings. The van der Waals surface area contributed by atoms with Gasteiger partial charge >= 0.3 is 0 Å². The Morgan fingerprint density at radius 1 is 1.42 bits per heavy atom. The second-order valence-corrected chi connectivity index (χ2v) is 4.10. The number of aryl methyl sites for hydroxylation is 1. The van der Waals surface area contributed by atoms with E-state index in [0.717, 1.165) is 17.2 Å². The maximum atomic E-state index is 5.78. The van der Waals surface area contributed by atoms with Crippen LogP contribution in [0, 0.1) is 6.92 Å². The van der Waals surface area contributed by atoms with Crippen molar-refractivity contribution in [2.45, 2.75) is 19.6 Å². The van der Waals surface area contributed by atoms with Gasteiger partial charge in [0.05, 0.1) is 0 Å². The molecule has 66 valence electrons. The maximum Gasteiger partial charge on any atom is 0.0346 e. The number of thioether (sulfide) groups is 1. The van der Waals surface area contributed by atoms with E-state index in [2.05, 4.69) is 25.1 Å². The van der Waals surface area contributed by atoms with Gasteiger partial charge in [0.1, 0.15) is 0 Å². The summed E-state index contributed by atoms with van der Waals surface area (Å²) in [6.45, 7) is 4.20. The monoisotopic (exact) mass is 181 g/mol. The molecule has 1 nitrogen and oxygen atoms in total. The lowest BCUT2D eigenvalue weighted by Crippen LogP contribution is -1.91. The summed E-state index contributed by atoms with van der Waals surface area (Å²) in [5.74, 6) is 2.23. The number of benzene rings is 1. The van der Waals surface area contributed by atoms with Crippen LogP contribution in [-0.2, 0) is 5.75 Å². The van der Waals surface area contributed by atoms with Crippen molar-refractivity contribution in [2.24, 2.45) is 0 Å². The van der Waals surface area contributed by atoms with Gasteiger partial charge in [-0.15, -0.1) is 0 Å². The smallest absolute Gasteiger partial charge is 0.0346 e. The van der Waals surface area contributed by atoms with E-state index in [0.29, 0.717) is 0 Å². The Hall–Kier alpha value is -0.630. The summed E-state index contributed by atoms with van der Waals surface area (Å²) in [4.78, 5) is 0. The summed E-state index contributed by atoms with van der Waals surface area (Å²) in [5.41, 5.74) is 9.18. The first-order chi connectivity index (χ1) is 5.74. The van der Waals surface area contributed by atoms with Crippen LogP contribution < -0.4 is 5.73 Å². The molecule has 0 aliphatic rings. The Kier molecular flexibility index (Phi) is 3.48. The van der Waals surface area contributed by atoms with Gasteiger partial charge in [-0.1, -0.05) is 19.1 Å². The van der Waals surface area contributed by atoms with Crippen LogP contribution in [0.3, 0.4) is 0 Å². The van der Waals surface area contributed by atoms with E-state index in [1.54, 1.807) is 0 Å². The van der Waals surface area contributed by atoms with Gasteiger partial charge in [-0.25, -0.2) is 0 Å². The highest BCUT2D eigenvalue weighted by Crippen LogP contribution is 2.17. The first-order valence-corrected chi connectivity index (χ1v) is 5.32. The molecule has 2 heteroatoms. The first kappa shape index (κ1) is 9.46. The summed E-state index contributed by atoms with van der Waals surface area (Å²) in [6, 6.07) is 6.30. The van der Waals surface area contributed by atoms with Crippen LogP contribution in [0.2, 0.25) is 0 Å². The Bertz CT molecular complexity index is 258. The second-order valence-electron chi connectivity index (χ2n) is 2.83.